The molecule has 0 fully saturated rings. The molecule has 0 amide bonds. The number of aliphatic hydroxyl groups is 1. The smallest absolute Gasteiger partial charge is 0.421 e. The maximum atomic E-state index is 14.0. The normalized spacial score (nSPS) is 14.0. The first-order valence-electron chi connectivity index (χ1n) is 9.49. The number of ether oxygens (including phenoxy) is 1. The minimum Gasteiger partial charge on any atom is -0.465 e. The van der Waals surface area contributed by atoms with Gasteiger partial charge < -0.3 is 9.84 Å². The molecule has 11 heteroatoms. The van der Waals surface area contributed by atoms with Crippen molar-refractivity contribution in [3.8, 4) is 0 Å². The first-order valence-corrected chi connectivity index (χ1v) is 9.87. The van der Waals surface area contributed by atoms with Crippen LogP contribution in [0.2, 0.25) is 5.02 Å². The van der Waals surface area contributed by atoms with Crippen LogP contribution < -0.4 is 0 Å². The molecule has 0 aliphatic rings. The number of esters is 1. The molecular formula is C23H15ClF6O4. The Hall–Kier alpha value is -3.11. The summed E-state index contributed by atoms with van der Waals surface area (Å²) in [6.07, 6.45) is -12.2. The van der Waals surface area contributed by atoms with Gasteiger partial charge in [-0.3, -0.25) is 4.79 Å². The summed E-state index contributed by atoms with van der Waals surface area (Å²) in [5, 5.41) is 10.2. The summed E-state index contributed by atoms with van der Waals surface area (Å²) in [4.78, 5) is 25.0. The van der Waals surface area contributed by atoms with E-state index in [0.717, 1.165) is 13.2 Å². The van der Waals surface area contributed by atoms with Crippen molar-refractivity contribution in [2.75, 3.05) is 7.11 Å². The Kier molecular flexibility index (Phi) is 6.69. The van der Waals surface area contributed by atoms with Crippen LogP contribution in [0.1, 0.15) is 38.3 Å². The minimum absolute atomic E-state index is 0.0467. The van der Waals surface area contributed by atoms with E-state index >= 15 is 0 Å². The molecule has 180 valence electrons. The zero-order valence-corrected chi connectivity index (χ0v) is 18.0. The van der Waals surface area contributed by atoms with Gasteiger partial charge in [-0.25, -0.2) is 4.79 Å². The van der Waals surface area contributed by atoms with Crippen molar-refractivity contribution >= 4 is 34.1 Å². The van der Waals surface area contributed by atoms with Gasteiger partial charge >= 0.3 is 18.3 Å². The molecule has 0 saturated heterocycles. The molecule has 0 bridgehead atoms. The van der Waals surface area contributed by atoms with E-state index in [2.05, 4.69) is 4.74 Å². The lowest BCUT2D eigenvalue weighted by Crippen LogP contribution is -2.44. The molecule has 1 atom stereocenters. The number of benzene rings is 3. The largest absolute Gasteiger partial charge is 0.465 e. The molecular weight excluding hydrogens is 490 g/mol. The second-order valence-electron chi connectivity index (χ2n) is 7.38. The SMILES string of the molecule is COC(=O)c1ccc(C(=O)CC(O)(c2cc(Cl)cc(C(F)(F)F)c2)C(F)(F)F)c2ccccc12. The molecule has 0 aliphatic heterocycles. The number of hydrogen-bond donors (Lipinski definition) is 1. The maximum absolute atomic E-state index is 14.0. The van der Waals surface area contributed by atoms with Crippen LogP contribution in [0, 0.1) is 0 Å². The Morgan fingerprint density at radius 3 is 1.94 bits per heavy atom. The molecule has 0 aromatic heterocycles. The number of methoxy groups -OCH3 is 1. The monoisotopic (exact) mass is 504 g/mol. The lowest BCUT2D eigenvalue weighted by Gasteiger charge is -2.31. The minimum atomic E-state index is -5.53. The van der Waals surface area contributed by atoms with Crippen LogP contribution in [0.25, 0.3) is 10.8 Å². The van der Waals surface area contributed by atoms with E-state index in [-0.39, 0.29) is 28.0 Å². The fourth-order valence-electron chi connectivity index (χ4n) is 3.52. The highest BCUT2D eigenvalue weighted by Gasteiger charge is 2.56. The quantitative estimate of drug-likeness (QED) is 0.251. The number of carbonyl (C=O) groups excluding carboxylic acids is 2. The van der Waals surface area contributed by atoms with E-state index in [4.69, 9.17) is 11.6 Å². The second-order valence-corrected chi connectivity index (χ2v) is 7.82. The van der Waals surface area contributed by atoms with Gasteiger partial charge in [-0.2, -0.15) is 26.3 Å². The van der Waals surface area contributed by atoms with Gasteiger partial charge in [-0.15, -0.1) is 0 Å². The average molecular weight is 505 g/mol. The van der Waals surface area contributed by atoms with Crippen LogP contribution in [0.4, 0.5) is 26.3 Å². The van der Waals surface area contributed by atoms with Gasteiger partial charge in [0.05, 0.1) is 24.7 Å². The van der Waals surface area contributed by atoms with E-state index < -0.39 is 52.3 Å². The number of Topliss-reactive ketones (excluding diaryl/α,β-unsaturated/α-hetero) is 1. The van der Waals surface area contributed by atoms with Gasteiger partial charge in [0.25, 0.3) is 0 Å². The van der Waals surface area contributed by atoms with Crippen LogP contribution in [0.5, 0.6) is 0 Å². The first-order chi connectivity index (χ1) is 15.7. The molecule has 0 aliphatic carbocycles. The molecule has 0 heterocycles. The summed E-state index contributed by atoms with van der Waals surface area (Å²) in [7, 11) is 1.12. The third-order valence-corrected chi connectivity index (χ3v) is 5.44. The predicted octanol–water partition coefficient (Wildman–Crippen LogP) is 6.32. The molecule has 0 radical (unpaired) electrons. The van der Waals surface area contributed by atoms with Crippen molar-refractivity contribution < 1.29 is 45.8 Å². The summed E-state index contributed by atoms with van der Waals surface area (Å²) in [6, 6.07) is 9.12. The molecule has 1 N–H and O–H groups in total. The van der Waals surface area contributed by atoms with Crippen LogP contribution in [0.15, 0.2) is 54.6 Å². The average Bonchev–Trinajstić information content (AvgIpc) is 2.75. The molecule has 34 heavy (non-hydrogen) atoms. The van der Waals surface area contributed by atoms with Gasteiger partial charge in [0.1, 0.15) is 0 Å². The number of rotatable bonds is 5. The van der Waals surface area contributed by atoms with Crippen molar-refractivity contribution in [1.29, 1.82) is 0 Å². The molecule has 0 spiro atoms. The van der Waals surface area contributed by atoms with Gasteiger partial charge in [-0.1, -0.05) is 35.9 Å². The molecule has 3 rings (SSSR count). The number of halogens is 7. The highest BCUT2D eigenvalue weighted by Crippen LogP contribution is 2.45. The number of hydrogen-bond acceptors (Lipinski definition) is 4. The van der Waals surface area contributed by atoms with Crippen molar-refractivity contribution in [1.82, 2.24) is 0 Å². The summed E-state index contributed by atoms with van der Waals surface area (Å²) < 4.78 is 86.0. The van der Waals surface area contributed by atoms with Gasteiger partial charge in [0.2, 0.25) is 0 Å². The lowest BCUT2D eigenvalue weighted by molar-refractivity contribution is -0.265. The zero-order valence-electron chi connectivity index (χ0n) is 17.2. The van der Waals surface area contributed by atoms with Crippen LogP contribution in [-0.2, 0) is 16.5 Å². The van der Waals surface area contributed by atoms with Gasteiger partial charge in [0.15, 0.2) is 11.4 Å². The molecule has 3 aromatic rings. The summed E-state index contributed by atoms with van der Waals surface area (Å²) in [5.74, 6) is -1.97. The third-order valence-electron chi connectivity index (χ3n) is 5.22. The number of fused-ring (bicyclic) bond motifs is 1. The number of ketones is 1. The first kappa shape index (κ1) is 25.5. The lowest BCUT2D eigenvalue weighted by atomic mass is 9.84. The Morgan fingerprint density at radius 2 is 1.41 bits per heavy atom. The maximum Gasteiger partial charge on any atom is 0.421 e. The highest BCUT2D eigenvalue weighted by molar-refractivity contribution is 6.30. The van der Waals surface area contributed by atoms with E-state index in [0.29, 0.717) is 12.1 Å². The predicted molar refractivity (Wildman–Crippen MR) is 111 cm³/mol. The summed E-state index contributed by atoms with van der Waals surface area (Å²) in [5.41, 5.74) is -6.95. The Labute approximate surface area is 193 Å². The fraction of sp³-hybridized carbons (Fsp3) is 0.217. The van der Waals surface area contributed by atoms with Gasteiger partial charge in [-0.05, 0) is 46.7 Å². The Bertz CT molecular complexity index is 1270. The standard InChI is InChI=1S/C23H15ClF6O4/c1-34-20(32)18-7-6-17(15-4-2-3-5-16(15)18)19(31)11-21(33,23(28,29)30)12-8-13(22(25,26)27)10-14(24)9-12/h2-10,33H,11H2,1H3. The van der Waals surface area contributed by atoms with Crippen molar-refractivity contribution in [3.63, 3.8) is 0 Å². The van der Waals surface area contributed by atoms with Crippen molar-refractivity contribution in [3.05, 3.63) is 81.9 Å². The fourth-order valence-corrected chi connectivity index (χ4v) is 3.75. The van der Waals surface area contributed by atoms with E-state index in [1.54, 1.807) is 0 Å². The van der Waals surface area contributed by atoms with Gasteiger partial charge in [0, 0.05) is 10.6 Å². The van der Waals surface area contributed by atoms with Crippen molar-refractivity contribution in [2.45, 2.75) is 24.4 Å². The Balaban J connectivity index is 2.14. The molecule has 3 aromatic carbocycles. The zero-order chi connectivity index (χ0) is 25.5. The Morgan fingerprint density at radius 1 is 0.882 bits per heavy atom. The van der Waals surface area contributed by atoms with E-state index in [1.165, 1.54) is 30.3 Å². The van der Waals surface area contributed by atoms with E-state index in [9.17, 15) is 41.0 Å². The number of carbonyl (C=O) groups is 2. The summed E-state index contributed by atoms with van der Waals surface area (Å²) in [6.45, 7) is 0. The van der Waals surface area contributed by atoms with Crippen LogP contribution >= 0.6 is 11.6 Å². The topological polar surface area (TPSA) is 63.6 Å². The van der Waals surface area contributed by atoms with E-state index in [1.807, 2.05) is 0 Å². The second kappa shape index (κ2) is 8.92. The van der Waals surface area contributed by atoms with Crippen LogP contribution in [0.3, 0.4) is 0 Å². The van der Waals surface area contributed by atoms with Crippen molar-refractivity contribution in [2.24, 2.45) is 0 Å². The summed E-state index contributed by atoms with van der Waals surface area (Å²) >= 11 is 5.60. The highest BCUT2D eigenvalue weighted by atomic mass is 35.5. The van der Waals surface area contributed by atoms with Crippen LogP contribution in [-0.4, -0.2) is 30.1 Å². The molecule has 1 unspecified atom stereocenters. The number of alkyl halides is 6. The molecule has 4 nitrogen and oxygen atoms in total. The third kappa shape index (κ3) is 4.74. The molecule has 0 saturated carbocycles.